The first kappa shape index (κ1) is 17.8. The molecule has 1 N–H and O–H groups in total. The van der Waals surface area contributed by atoms with E-state index in [4.69, 9.17) is 0 Å². The van der Waals surface area contributed by atoms with Gasteiger partial charge in [0.2, 0.25) is 5.91 Å². The first-order chi connectivity index (χ1) is 14.2. The number of carbonyl (C=O) groups is 1. The van der Waals surface area contributed by atoms with Crippen LogP contribution < -0.4 is 10.9 Å². The van der Waals surface area contributed by atoms with E-state index in [2.05, 4.69) is 27.6 Å². The van der Waals surface area contributed by atoms with Crippen molar-refractivity contribution in [2.24, 2.45) is 0 Å². The van der Waals surface area contributed by atoms with E-state index in [1.165, 1.54) is 26.7 Å². The molecule has 7 nitrogen and oxygen atoms in total. The van der Waals surface area contributed by atoms with E-state index in [1.807, 2.05) is 29.6 Å². The lowest BCUT2D eigenvalue weighted by Gasteiger charge is -2.26. The summed E-state index contributed by atoms with van der Waals surface area (Å²) in [6.07, 6.45) is 4.44. The lowest BCUT2D eigenvalue weighted by Crippen LogP contribution is -2.37. The molecule has 29 heavy (non-hydrogen) atoms. The lowest BCUT2D eigenvalue weighted by atomic mass is 9.88. The molecular weight excluding hydrogens is 386 g/mol. The minimum atomic E-state index is -0.331. The van der Waals surface area contributed by atoms with Gasteiger partial charge in [0.15, 0.2) is 0 Å². The number of aryl methyl sites for hydroxylation is 1. The summed E-state index contributed by atoms with van der Waals surface area (Å²) in [5.74, 6) is -0.219. The van der Waals surface area contributed by atoms with Crippen molar-refractivity contribution < 1.29 is 4.79 Å². The maximum absolute atomic E-state index is 12.8. The number of nitrogens with zero attached hydrogens (tertiary/aromatic N) is 4. The Hall–Kier alpha value is -3.26. The third kappa shape index (κ3) is 3.36. The number of carbonyl (C=O) groups excluding carboxylic acids is 1. The van der Waals surface area contributed by atoms with Crippen LogP contribution in [0.25, 0.3) is 16.1 Å². The monoisotopic (exact) mass is 405 g/mol. The maximum Gasteiger partial charge on any atom is 0.293 e. The molecule has 0 saturated heterocycles. The van der Waals surface area contributed by atoms with Crippen LogP contribution in [0.4, 0.5) is 0 Å². The molecule has 1 aromatic carbocycles. The molecule has 8 heteroatoms. The zero-order valence-corrected chi connectivity index (χ0v) is 16.4. The van der Waals surface area contributed by atoms with Crippen LogP contribution in [0.1, 0.15) is 30.0 Å². The average molecular weight is 405 g/mol. The van der Waals surface area contributed by atoms with E-state index in [0.717, 1.165) is 29.8 Å². The van der Waals surface area contributed by atoms with E-state index in [0.29, 0.717) is 5.52 Å². The highest BCUT2D eigenvalue weighted by Crippen LogP contribution is 2.29. The van der Waals surface area contributed by atoms with Crippen LogP contribution in [0, 0.1) is 0 Å². The van der Waals surface area contributed by atoms with Crippen molar-refractivity contribution >= 4 is 22.8 Å². The number of hydrogen-bond acceptors (Lipinski definition) is 5. The Kier molecular flexibility index (Phi) is 4.48. The first-order valence-electron chi connectivity index (χ1n) is 9.55. The fourth-order valence-corrected chi connectivity index (χ4v) is 4.56. The van der Waals surface area contributed by atoms with Gasteiger partial charge in [-0.3, -0.25) is 9.59 Å². The average Bonchev–Trinajstić information content (AvgIpc) is 3.40. The largest absolute Gasteiger partial charge is 0.348 e. The standard InChI is InChI=1S/C21H19N5O2S/c27-20(23-16-8-3-6-14-5-1-2-7-15(14)16)12-25-21(28)18-11-17(19-9-4-10-29-19)24-26(18)13-22-25/h1-2,4-5,7,9-11,13,16H,3,6,8,12H2,(H,23,27). The van der Waals surface area contributed by atoms with Gasteiger partial charge in [0, 0.05) is 0 Å². The fourth-order valence-electron chi connectivity index (χ4n) is 3.88. The summed E-state index contributed by atoms with van der Waals surface area (Å²) in [5.41, 5.74) is 3.24. The van der Waals surface area contributed by atoms with Gasteiger partial charge in [0.1, 0.15) is 24.1 Å². The van der Waals surface area contributed by atoms with E-state index in [9.17, 15) is 9.59 Å². The number of nitrogens with one attached hydrogen (secondary N) is 1. The Morgan fingerprint density at radius 1 is 1.24 bits per heavy atom. The predicted octanol–water partition coefficient (Wildman–Crippen LogP) is 2.81. The number of fused-ring (bicyclic) bond motifs is 2. The molecule has 1 atom stereocenters. The van der Waals surface area contributed by atoms with Crippen LogP contribution in [0.15, 0.2) is 59.0 Å². The topological polar surface area (TPSA) is 81.3 Å². The van der Waals surface area contributed by atoms with Crippen molar-refractivity contribution in [3.8, 4) is 10.6 Å². The van der Waals surface area contributed by atoms with Gasteiger partial charge in [-0.2, -0.15) is 10.2 Å². The van der Waals surface area contributed by atoms with Gasteiger partial charge in [0.25, 0.3) is 5.56 Å². The van der Waals surface area contributed by atoms with Crippen LogP contribution in [-0.4, -0.2) is 25.3 Å². The second-order valence-corrected chi connectivity index (χ2v) is 8.09. The molecule has 1 amide bonds. The number of benzene rings is 1. The molecule has 0 bridgehead atoms. The van der Waals surface area contributed by atoms with E-state index in [1.54, 1.807) is 17.4 Å². The summed E-state index contributed by atoms with van der Waals surface area (Å²) < 4.78 is 2.66. The molecule has 5 rings (SSSR count). The van der Waals surface area contributed by atoms with Gasteiger partial charge in [0.05, 0.1) is 10.9 Å². The van der Waals surface area contributed by atoms with E-state index < -0.39 is 0 Å². The summed E-state index contributed by atoms with van der Waals surface area (Å²) in [5, 5.41) is 13.6. The fraction of sp³-hybridized carbons (Fsp3) is 0.238. The maximum atomic E-state index is 12.8. The highest BCUT2D eigenvalue weighted by molar-refractivity contribution is 7.13. The number of aromatic nitrogens is 4. The third-order valence-electron chi connectivity index (χ3n) is 5.26. The number of amides is 1. The van der Waals surface area contributed by atoms with Gasteiger partial charge < -0.3 is 5.32 Å². The molecule has 0 spiro atoms. The molecular formula is C21H19N5O2S. The number of thiophene rings is 1. The molecule has 0 fully saturated rings. The Bertz CT molecular complexity index is 1240. The summed E-state index contributed by atoms with van der Waals surface area (Å²) in [7, 11) is 0. The van der Waals surface area contributed by atoms with Crippen LogP contribution in [0.3, 0.4) is 0 Å². The van der Waals surface area contributed by atoms with Gasteiger partial charge in [-0.25, -0.2) is 9.20 Å². The van der Waals surface area contributed by atoms with Crippen LogP contribution in [-0.2, 0) is 17.8 Å². The van der Waals surface area contributed by atoms with E-state index in [-0.39, 0.29) is 24.1 Å². The number of rotatable bonds is 4. The van der Waals surface area contributed by atoms with Gasteiger partial charge in [-0.15, -0.1) is 11.3 Å². The molecule has 4 aromatic rings. The van der Waals surface area contributed by atoms with Crippen LogP contribution >= 0.6 is 11.3 Å². The minimum absolute atomic E-state index is 0.0210. The minimum Gasteiger partial charge on any atom is -0.348 e. The Morgan fingerprint density at radius 3 is 3.00 bits per heavy atom. The molecule has 1 aliphatic rings. The van der Waals surface area contributed by atoms with E-state index >= 15 is 0 Å². The zero-order valence-electron chi connectivity index (χ0n) is 15.6. The highest BCUT2D eigenvalue weighted by atomic mass is 32.1. The van der Waals surface area contributed by atoms with Crippen molar-refractivity contribution in [1.82, 2.24) is 24.7 Å². The van der Waals surface area contributed by atoms with Crippen molar-refractivity contribution in [2.75, 3.05) is 0 Å². The normalized spacial score (nSPS) is 15.9. The first-order valence-corrected chi connectivity index (χ1v) is 10.4. The molecule has 0 radical (unpaired) electrons. The van der Waals surface area contributed by atoms with Crippen LogP contribution in [0.2, 0.25) is 0 Å². The Morgan fingerprint density at radius 2 is 2.14 bits per heavy atom. The predicted molar refractivity (Wildman–Crippen MR) is 111 cm³/mol. The molecule has 146 valence electrons. The van der Waals surface area contributed by atoms with Crippen molar-refractivity contribution in [2.45, 2.75) is 31.8 Å². The molecule has 1 unspecified atom stereocenters. The molecule has 0 aliphatic heterocycles. The van der Waals surface area contributed by atoms with Gasteiger partial charge in [-0.1, -0.05) is 30.3 Å². The lowest BCUT2D eigenvalue weighted by molar-refractivity contribution is -0.122. The Labute approximate surface area is 170 Å². The quantitative estimate of drug-likeness (QED) is 0.566. The van der Waals surface area contributed by atoms with Crippen molar-refractivity contribution in [3.63, 3.8) is 0 Å². The summed E-state index contributed by atoms with van der Waals surface area (Å²) in [6.45, 7) is -0.118. The third-order valence-corrected chi connectivity index (χ3v) is 6.15. The van der Waals surface area contributed by atoms with Gasteiger partial charge >= 0.3 is 0 Å². The SMILES string of the molecule is O=C(Cn1ncn2nc(-c3cccs3)cc2c1=O)NC1CCCc2ccccc21. The molecule has 3 heterocycles. The molecule has 1 aliphatic carbocycles. The second-order valence-electron chi connectivity index (χ2n) is 7.14. The zero-order chi connectivity index (χ0) is 19.8. The smallest absolute Gasteiger partial charge is 0.293 e. The molecule has 0 saturated carbocycles. The summed E-state index contributed by atoms with van der Waals surface area (Å²) >= 11 is 1.56. The van der Waals surface area contributed by atoms with Crippen LogP contribution in [0.5, 0.6) is 0 Å². The highest BCUT2D eigenvalue weighted by Gasteiger charge is 2.22. The number of hydrogen-bond donors (Lipinski definition) is 1. The second kappa shape index (κ2) is 7.29. The molecule has 3 aromatic heterocycles. The Balaban J connectivity index is 1.37. The summed E-state index contributed by atoms with van der Waals surface area (Å²) in [4.78, 5) is 26.4. The van der Waals surface area contributed by atoms with Gasteiger partial charge in [-0.05, 0) is 47.9 Å². The van der Waals surface area contributed by atoms with Crippen molar-refractivity contribution in [1.29, 1.82) is 0 Å². The van der Waals surface area contributed by atoms with Crippen molar-refractivity contribution in [3.05, 3.63) is 75.7 Å². The summed E-state index contributed by atoms with van der Waals surface area (Å²) in [6, 6.07) is 13.8.